The summed E-state index contributed by atoms with van der Waals surface area (Å²) in [5, 5.41) is 32.6. The van der Waals surface area contributed by atoms with E-state index in [2.05, 4.69) is 60.0 Å². The van der Waals surface area contributed by atoms with Crippen LogP contribution in [-0.2, 0) is 19.1 Å². The molecule has 1 saturated carbocycles. The van der Waals surface area contributed by atoms with E-state index in [1.165, 1.54) is 4.90 Å². The van der Waals surface area contributed by atoms with Gasteiger partial charge in [-0.3, -0.25) is 19.2 Å². The molecule has 4 aromatic rings. The Bertz CT molecular complexity index is 2430. The summed E-state index contributed by atoms with van der Waals surface area (Å²) < 4.78 is 12.0. The predicted molar refractivity (Wildman–Crippen MR) is 261 cm³/mol. The second-order valence-electron chi connectivity index (χ2n) is 19.9. The Morgan fingerprint density at radius 1 is 1.00 bits per heavy atom. The van der Waals surface area contributed by atoms with Gasteiger partial charge in [-0.05, 0) is 79.6 Å². The van der Waals surface area contributed by atoms with Gasteiger partial charge in [0.25, 0.3) is 5.91 Å². The summed E-state index contributed by atoms with van der Waals surface area (Å²) >= 11 is 7.81. The van der Waals surface area contributed by atoms with Crippen LogP contribution in [0.1, 0.15) is 108 Å². The number of rotatable bonds is 18. The summed E-state index contributed by atoms with van der Waals surface area (Å²) in [4.78, 5) is 61.0. The van der Waals surface area contributed by atoms with E-state index < -0.39 is 35.4 Å². The molecular weight excluding hydrogens is 890 g/mol. The first kappa shape index (κ1) is 50.9. The molecule has 2 heterocycles. The minimum atomic E-state index is -0.962. The molecule has 0 bridgehead atoms. The van der Waals surface area contributed by atoms with Crippen LogP contribution in [0.2, 0.25) is 5.02 Å². The van der Waals surface area contributed by atoms with E-state index in [9.17, 15) is 29.5 Å². The van der Waals surface area contributed by atoms with Gasteiger partial charge in [0.2, 0.25) is 17.7 Å². The minimum absolute atomic E-state index is 0.0187. The summed E-state index contributed by atoms with van der Waals surface area (Å²) in [5.74, 6) is -0.861. The molecule has 2 fully saturated rings. The lowest BCUT2D eigenvalue weighted by Crippen LogP contribution is -2.74. The molecule has 1 saturated heterocycles. The van der Waals surface area contributed by atoms with Crippen molar-refractivity contribution in [2.24, 2.45) is 16.2 Å². The zero-order valence-electron chi connectivity index (χ0n) is 39.9. The number of thiazole rings is 1. The first-order chi connectivity index (χ1) is 31.6. The third-order valence-electron chi connectivity index (χ3n) is 12.9. The Labute approximate surface area is 403 Å². The SMILES string of the molecule is Cc1ncsc1-c1ccc([C@@H](C)NC(=O)[C@@H]2C[C@@H](O)CN2C(=O)[C@@H](NC(=O)COCCCCNc2ccc(C(=O)NC3C(C)(C)C(Oc4ccc(C#N)c(Cl)c4)C3(C)C)cc2)C(C)(C)C)cc1. The second-order valence-corrected chi connectivity index (χ2v) is 21.2. The number of β-amino-alcohol motifs (C(OH)–C–C–N with tert-alkyl or cyclic N) is 1. The average molecular weight is 955 g/mol. The number of aliphatic hydroxyl groups excluding tert-OH is 1. The van der Waals surface area contributed by atoms with Gasteiger partial charge < -0.3 is 40.7 Å². The van der Waals surface area contributed by atoms with Crippen molar-refractivity contribution in [1.82, 2.24) is 25.8 Å². The summed E-state index contributed by atoms with van der Waals surface area (Å²) in [6.45, 7) is 18.3. The molecule has 2 aliphatic rings. The molecule has 6 rings (SSSR count). The van der Waals surface area contributed by atoms with Crippen molar-refractivity contribution in [2.75, 3.05) is 31.6 Å². The molecule has 358 valence electrons. The largest absolute Gasteiger partial charge is 0.489 e. The predicted octanol–water partition coefficient (Wildman–Crippen LogP) is 7.83. The zero-order valence-corrected chi connectivity index (χ0v) is 41.4. The number of nitrogens with zero attached hydrogens (tertiary/aromatic N) is 3. The van der Waals surface area contributed by atoms with Crippen molar-refractivity contribution < 1.29 is 33.8 Å². The highest BCUT2D eigenvalue weighted by molar-refractivity contribution is 7.13. The fourth-order valence-corrected chi connectivity index (χ4v) is 10.5. The topological polar surface area (TPSA) is 195 Å². The number of carbonyl (C=O) groups is 4. The number of aromatic nitrogens is 1. The number of hydrogen-bond donors (Lipinski definition) is 5. The molecule has 1 aromatic heterocycles. The third-order valence-corrected chi connectivity index (χ3v) is 14.2. The Kier molecular flexibility index (Phi) is 16.1. The molecule has 4 atom stereocenters. The number of amides is 4. The Morgan fingerprint density at radius 2 is 1.69 bits per heavy atom. The van der Waals surface area contributed by atoms with Crippen molar-refractivity contribution in [3.05, 3.63) is 99.6 Å². The van der Waals surface area contributed by atoms with Gasteiger partial charge in [-0.25, -0.2) is 4.98 Å². The maximum absolute atomic E-state index is 14.1. The van der Waals surface area contributed by atoms with E-state index in [1.807, 2.05) is 76.5 Å². The lowest BCUT2D eigenvalue weighted by atomic mass is 9.49. The molecule has 14 nitrogen and oxygen atoms in total. The summed E-state index contributed by atoms with van der Waals surface area (Å²) in [6, 6.07) is 19.9. The quantitative estimate of drug-likeness (QED) is 0.0614. The Balaban J connectivity index is 0.906. The van der Waals surface area contributed by atoms with Crippen LogP contribution < -0.4 is 26.0 Å². The van der Waals surface area contributed by atoms with E-state index in [1.54, 1.807) is 41.7 Å². The monoisotopic (exact) mass is 953 g/mol. The molecule has 1 aliphatic heterocycles. The van der Waals surface area contributed by atoms with Crippen LogP contribution >= 0.6 is 22.9 Å². The number of nitriles is 1. The van der Waals surface area contributed by atoms with Crippen molar-refractivity contribution in [3.8, 4) is 22.3 Å². The summed E-state index contributed by atoms with van der Waals surface area (Å²) in [6.07, 6.45) is 0.436. The first-order valence-electron chi connectivity index (χ1n) is 22.8. The maximum Gasteiger partial charge on any atom is 0.251 e. The lowest BCUT2D eigenvalue weighted by molar-refractivity contribution is -0.164. The van der Waals surface area contributed by atoms with Crippen LogP contribution in [-0.4, -0.2) is 95.3 Å². The maximum atomic E-state index is 14.1. The van der Waals surface area contributed by atoms with Crippen LogP contribution in [0.3, 0.4) is 0 Å². The number of aliphatic hydroxyl groups is 1. The Morgan fingerprint density at radius 3 is 2.30 bits per heavy atom. The number of likely N-dealkylation sites (tertiary alicyclic amines) is 1. The molecule has 0 unspecified atom stereocenters. The van der Waals surface area contributed by atoms with Gasteiger partial charge in [0.1, 0.15) is 36.6 Å². The average Bonchev–Trinajstić information content (AvgIpc) is 3.90. The highest BCUT2D eigenvalue weighted by Crippen LogP contribution is 2.55. The minimum Gasteiger partial charge on any atom is -0.489 e. The van der Waals surface area contributed by atoms with Crippen molar-refractivity contribution in [2.45, 2.75) is 118 Å². The zero-order chi connectivity index (χ0) is 48.8. The number of hydrogen-bond acceptors (Lipinski definition) is 11. The molecule has 1 aliphatic carbocycles. The van der Waals surface area contributed by atoms with Crippen LogP contribution in [0.4, 0.5) is 5.69 Å². The molecule has 67 heavy (non-hydrogen) atoms. The Hall–Kier alpha value is -5.53. The third kappa shape index (κ3) is 12.0. The van der Waals surface area contributed by atoms with Gasteiger partial charge in [-0.1, -0.05) is 84.3 Å². The van der Waals surface area contributed by atoms with Crippen LogP contribution in [0, 0.1) is 34.5 Å². The summed E-state index contributed by atoms with van der Waals surface area (Å²) in [7, 11) is 0. The summed E-state index contributed by atoms with van der Waals surface area (Å²) in [5.41, 5.74) is 5.03. The van der Waals surface area contributed by atoms with Crippen LogP contribution in [0.15, 0.2) is 72.2 Å². The highest BCUT2D eigenvalue weighted by Gasteiger charge is 2.64. The van der Waals surface area contributed by atoms with Crippen LogP contribution in [0.25, 0.3) is 10.4 Å². The van der Waals surface area contributed by atoms with Gasteiger partial charge in [0.05, 0.1) is 38.8 Å². The number of ether oxygens (including phenoxy) is 2. The molecule has 3 aromatic carbocycles. The molecule has 16 heteroatoms. The van der Waals surface area contributed by atoms with Gasteiger partial charge in [0.15, 0.2) is 0 Å². The number of halogens is 1. The fraction of sp³-hybridized carbons (Fsp3) is 0.490. The molecule has 4 amide bonds. The van der Waals surface area contributed by atoms with E-state index in [-0.39, 0.29) is 60.4 Å². The number of benzene rings is 3. The van der Waals surface area contributed by atoms with Gasteiger partial charge in [-0.2, -0.15) is 5.26 Å². The van der Waals surface area contributed by atoms with E-state index in [4.69, 9.17) is 21.1 Å². The van der Waals surface area contributed by atoms with Gasteiger partial charge >= 0.3 is 0 Å². The van der Waals surface area contributed by atoms with Crippen molar-refractivity contribution in [1.29, 1.82) is 5.26 Å². The van der Waals surface area contributed by atoms with Crippen molar-refractivity contribution >= 4 is 52.3 Å². The van der Waals surface area contributed by atoms with Crippen LogP contribution in [0.5, 0.6) is 5.75 Å². The highest BCUT2D eigenvalue weighted by atomic mass is 35.5. The molecule has 5 N–H and O–H groups in total. The van der Waals surface area contributed by atoms with E-state index in [0.717, 1.165) is 33.8 Å². The molecular formula is C51H64ClN7O7S. The normalized spacial score (nSPS) is 20.4. The molecule has 0 radical (unpaired) electrons. The number of carbonyl (C=O) groups excluding carboxylic acids is 4. The first-order valence-corrected chi connectivity index (χ1v) is 24.0. The lowest BCUT2D eigenvalue weighted by Gasteiger charge is -2.63. The van der Waals surface area contributed by atoms with E-state index in [0.29, 0.717) is 41.5 Å². The van der Waals surface area contributed by atoms with Crippen molar-refractivity contribution in [3.63, 3.8) is 0 Å². The number of unbranched alkanes of at least 4 members (excludes halogenated alkanes) is 1. The fourth-order valence-electron chi connectivity index (χ4n) is 9.49. The molecule has 0 spiro atoms. The number of aryl methyl sites for hydroxylation is 1. The van der Waals surface area contributed by atoms with E-state index >= 15 is 0 Å². The number of anilines is 1. The van der Waals surface area contributed by atoms with Gasteiger partial charge in [-0.15, -0.1) is 11.3 Å². The standard InChI is InChI=1S/C51H64ClN7O7S/c1-30(32-12-14-33(15-13-32)42-31(2)55-29-67-42)56-45(63)40-24-37(60)27-59(40)46(64)43(49(3,4)5)57-41(61)28-65-23-11-10-22-54-36-19-16-34(17-20-36)44(62)58-47-50(6,7)48(51(47,8)9)66-38-21-18-35(26-53)39(52)25-38/h12-21,25,29-30,37,40,43,47-48,54,60H,10-11,22-24,27-28H2,1-9H3,(H,56,63)(H,57,61)(H,58,62)/t30-,37-,40+,43-,47?,48?/m1/s1. The second kappa shape index (κ2) is 21.2. The smallest absolute Gasteiger partial charge is 0.251 e. The van der Waals surface area contributed by atoms with Gasteiger partial charge in [0, 0.05) is 60.3 Å². The number of nitrogens with one attached hydrogen (secondary N) is 4.